The molecule has 2 heterocycles. The van der Waals surface area contributed by atoms with Crippen molar-refractivity contribution in [2.75, 3.05) is 19.6 Å². The first kappa shape index (κ1) is 16.2. The number of aromatic nitrogens is 1. The van der Waals surface area contributed by atoms with Gasteiger partial charge in [0.05, 0.1) is 11.6 Å². The highest BCUT2D eigenvalue weighted by Crippen LogP contribution is 2.34. The summed E-state index contributed by atoms with van der Waals surface area (Å²) in [6.45, 7) is 5.37. The fourth-order valence-electron chi connectivity index (χ4n) is 2.57. The molecule has 1 aromatic rings. The Morgan fingerprint density at radius 2 is 2.00 bits per heavy atom. The molecule has 0 atom stereocenters. The Morgan fingerprint density at radius 3 is 2.52 bits per heavy atom. The molecule has 1 aromatic heterocycles. The topological polar surface area (TPSA) is 28.2 Å². The lowest BCUT2D eigenvalue weighted by atomic mass is 9.96. The van der Waals surface area contributed by atoms with Gasteiger partial charge in [-0.05, 0) is 44.1 Å². The van der Waals surface area contributed by atoms with Crippen LogP contribution in [0.3, 0.4) is 0 Å². The Bertz CT molecular complexity index is 423. The van der Waals surface area contributed by atoms with Crippen LogP contribution in [0.15, 0.2) is 18.3 Å². The molecule has 0 radical (unpaired) electrons. The third-order valence-electron chi connectivity index (χ3n) is 3.90. The van der Waals surface area contributed by atoms with Gasteiger partial charge in [0, 0.05) is 19.3 Å². The van der Waals surface area contributed by atoms with Gasteiger partial charge < -0.3 is 5.32 Å². The maximum absolute atomic E-state index is 12.6. The summed E-state index contributed by atoms with van der Waals surface area (Å²) in [5.74, 6) is -1.13. The summed E-state index contributed by atoms with van der Waals surface area (Å²) in [7, 11) is 0. The van der Waals surface area contributed by atoms with Crippen molar-refractivity contribution in [2.24, 2.45) is 5.92 Å². The third-order valence-corrected chi connectivity index (χ3v) is 3.90. The first-order chi connectivity index (χ1) is 9.99. The van der Waals surface area contributed by atoms with Crippen LogP contribution in [-0.4, -0.2) is 35.7 Å². The largest absolute Gasteiger partial charge is 0.391 e. The molecule has 0 saturated carbocycles. The van der Waals surface area contributed by atoms with Crippen LogP contribution < -0.4 is 5.32 Å². The second-order valence-corrected chi connectivity index (χ2v) is 5.53. The maximum Gasteiger partial charge on any atom is 0.391 e. The average Bonchev–Trinajstić information content (AvgIpc) is 2.46. The minimum Gasteiger partial charge on any atom is -0.313 e. The standard InChI is InChI=1S/C15H22F3N3/c1-2-19-9-12-3-4-14(20-10-12)11-21-7-5-13(6-8-21)15(16,17)18/h3-4,10,13,19H,2,5-9,11H2,1H3. The summed E-state index contributed by atoms with van der Waals surface area (Å²) >= 11 is 0. The monoisotopic (exact) mass is 301 g/mol. The SMILES string of the molecule is CCNCc1ccc(CN2CCC(C(F)(F)F)CC2)nc1. The number of hydrogen-bond donors (Lipinski definition) is 1. The Morgan fingerprint density at radius 1 is 1.29 bits per heavy atom. The molecule has 1 fully saturated rings. The molecule has 1 aliphatic rings. The molecule has 118 valence electrons. The molecule has 0 aliphatic carbocycles. The van der Waals surface area contributed by atoms with Crippen LogP contribution in [0.4, 0.5) is 13.2 Å². The Labute approximate surface area is 123 Å². The highest BCUT2D eigenvalue weighted by atomic mass is 19.4. The quantitative estimate of drug-likeness (QED) is 0.906. The van der Waals surface area contributed by atoms with Crippen LogP contribution in [-0.2, 0) is 13.1 Å². The van der Waals surface area contributed by atoms with Crippen molar-refractivity contribution in [3.63, 3.8) is 0 Å². The van der Waals surface area contributed by atoms with E-state index in [1.807, 2.05) is 25.3 Å². The van der Waals surface area contributed by atoms with E-state index in [1.54, 1.807) is 0 Å². The van der Waals surface area contributed by atoms with Gasteiger partial charge in [-0.3, -0.25) is 9.88 Å². The van der Waals surface area contributed by atoms with Gasteiger partial charge in [-0.25, -0.2) is 0 Å². The molecule has 0 spiro atoms. The minimum atomic E-state index is -4.04. The van der Waals surface area contributed by atoms with Gasteiger partial charge >= 0.3 is 6.18 Å². The fourth-order valence-corrected chi connectivity index (χ4v) is 2.57. The van der Waals surface area contributed by atoms with Crippen molar-refractivity contribution in [2.45, 2.75) is 39.0 Å². The molecular formula is C15H22F3N3. The van der Waals surface area contributed by atoms with Gasteiger partial charge in [0.15, 0.2) is 0 Å². The van der Waals surface area contributed by atoms with E-state index in [4.69, 9.17) is 0 Å². The lowest BCUT2D eigenvalue weighted by molar-refractivity contribution is -0.185. The smallest absolute Gasteiger partial charge is 0.313 e. The number of hydrogen-bond acceptors (Lipinski definition) is 3. The molecule has 0 aromatic carbocycles. The molecule has 1 saturated heterocycles. The van der Waals surface area contributed by atoms with Crippen LogP contribution >= 0.6 is 0 Å². The summed E-state index contributed by atoms with van der Waals surface area (Å²) < 4.78 is 37.8. The number of pyridine rings is 1. The van der Waals surface area contributed by atoms with Gasteiger partial charge in [-0.15, -0.1) is 0 Å². The predicted molar refractivity (Wildman–Crippen MR) is 75.7 cm³/mol. The van der Waals surface area contributed by atoms with Crippen LogP contribution in [0, 0.1) is 5.92 Å². The van der Waals surface area contributed by atoms with E-state index in [1.165, 1.54) is 0 Å². The van der Waals surface area contributed by atoms with Crippen LogP contribution in [0.5, 0.6) is 0 Å². The first-order valence-corrected chi connectivity index (χ1v) is 7.42. The van der Waals surface area contributed by atoms with Crippen LogP contribution in [0.25, 0.3) is 0 Å². The van der Waals surface area contributed by atoms with Crippen molar-refractivity contribution in [3.8, 4) is 0 Å². The number of likely N-dealkylation sites (tertiary alicyclic amines) is 1. The first-order valence-electron chi connectivity index (χ1n) is 7.42. The molecule has 1 aliphatic heterocycles. The highest BCUT2D eigenvalue weighted by molar-refractivity contribution is 5.14. The van der Waals surface area contributed by atoms with Crippen molar-refractivity contribution < 1.29 is 13.2 Å². The Balaban J connectivity index is 1.80. The molecule has 2 rings (SSSR count). The van der Waals surface area contributed by atoms with Gasteiger partial charge in [0.2, 0.25) is 0 Å². The lowest BCUT2D eigenvalue weighted by Crippen LogP contribution is -2.38. The fraction of sp³-hybridized carbons (Fsp3) is 0.667. The summed E-state index contributed by atoms with van der Waals surface area (Å²) in [6.07, 6.45) is -1.82. The minimum absolute atomic E-state index is 0.196. The molecule has 0 bridgehead atoms. The van der Waals surface area contributed by atoms with Gasteiger partial charge in [-0.1, -0.05) is 13.0 Å². The maximum atomic E-state index is 12.6. The summed E-state index contributed by atoms with van der Waals surface area (Å²) in [6, 6.07) is 3.98. The molecule has 0 amide bonds. The molecule has 3 nitrogen and oxygen atoms in total. The molecule has 21 heavy (non-hydrogen) atoms. The molecule has 0 unspecified atom stereocenters. The lowest BCUT2D eigenvalue weighted by Gasteiger charge is -2.32. The number of nitrogens with one attached hydrogen (secondary N) is 1. The summed E-state index contributed by atoms with van der Waals surface area (Å²) in [5, 5.41) is 3.23. The molecule has 6 heteroatoms. The Hall–Kier alpha value is -1.14. The number of nitrogens with zero attached hydrogens (tertiary/aromatic N) is 2. The molecular weight excluding hydrogens is 279 g/mol. The third kappa shape index (κ3) is 4.97. The van der Waals surface area contributed by atoms with E-state index < -0.39 is 12.1 Å². The van der Waals surface area contributed by atoms with Gasteiger partial charge in [0.25, 0.3) is 0 Å². The zero-order valence-corrected chi connectivity index (χ0v) is 12.3. The normalized spacial score (nSPS) is 18.1. The van der Waals surface area contributed by atoms with Gasteiger partial charge in [0.1, 0.15) is 0 Å². The number of rotatable bonds is 5. The average molecular weight is 301 g/mol. The predicted octanol–water partition coefficient (Wildman–Crippen LogP) is 2.97. The number of piperidine rings is 1. The molecule has 1 N–H and O–H groups in total. The van der Waals surface area contributed by atoms with E-state index in [0.717, 1.165) is 24.3 Å². The number of halogens is 3. The van der Waals surface area contributed by atoms with Crippen molar-refractivity contribution in [3.05, 3.63) is 29.6 Å². The zero-order valence-electron chi connectivity index (χ0n) is 12.3. The zero-order chi connectivity index (χ0) is 15.3. The van der Waals surface area contributed by atoms with Crippen molar-refractivity contribution in [1.82, 2.24) is 15.2 Å². The van der Waals surface area contributed by atoms with E-state index in [9.17, 15) is 13.2 Å². The van der Waals surface area contributed by atoms with E-state index in [0.29, 0.717) is 19.6 Å². The highest BCUT2D eigenvalue weighted by Gasteiger charge is 2.40. The van der Waals surface area contributed by atoms with Crippen molar-refractivity contribution >= 4 is 0 Å². The second-order valence-electron chi connectivity index (χ2n) is 5.53. The number of alkyl halides is 3. The summed E-state index contributed by atoms with van der Waals surface area (Å²) in [5.41, 5.74) is 2.04. The van der Waals surface area contributed by atoms with E-state index >= 15 is 0 Å². The van der Waals surface area contributed by atoms with E-state index in [-0.39, 0.29) is 12.8 Å². The van der Waals surface area contributed by atoms with E-state index in [2.05, 4.69) is 15.2 Å². The van der Waals surface area contributed by atoms with Gasteiger partial charge in [-0.2, -0.15) is 13.2 Å². The van der Waals surface area contributed by atoms with Crippen LogP contribution in [0.2, 0.25) is 0 Å². The summed E-state index contributed by atoms with van der Waals surface area (Å²) in [4.78, 5) is 6.44. The van der Waals surface area contributed by atoms with Crippen LogP contribution in [0.1, 0.15) is 31.0 Å². The second kappa shape index (κ2) is 7.22. The van der Waals surface area contributed by atoms with Crippen molar-refractivity contribution in [1.29, 1.82) is 0 Å². The Kier molecular flexibility index (Phi) is 5.58.